The van der Waals surface area contributed by atoms with Crippen LogP contribution in [0.3, 0.4) is 0 Å². The Balaban J connectivity index is 1.68. The summed E-state index contributed by atoms with van der Waals surface area (Å²) in [5, 5.41) is 17.1. The molecule has 4 N–H and O–H groups in total. The first-order valence-corrected chi connectivity index (χ1v) is 9.95. The molecule has 1 heterocycles. The number of benzene rings is 3. The molecule has 4 aromatic rings. The summed E-state index contributed by atoms with van der Waals surface area (Å²) in [4.78, 5) is 16.1. The van der Waals surface area contributed by atoms with Crippen molar-refractivity contribution in [3.05, 3.63) is 102 Å². The van der Waals surface area contributed by atoms with E-state index in [1.54, 1.807) is 48.5 Å². The fraction of sp³-hybridized carbons (Fsp3) is 0.0385. The molecule has 0 spiro atoms. The van der Waals surface area contributed by atoms with Gasteiger partial charge in [-0.25, -0.2) is 9.78 Å². The molecule has 6 heteroatoms. The van der Waals surface area contributed by atoms with Crippen molar-refractivity contribution in [1.29, 1.82) is 5.41 Å². The van der Waals surface area contributed by atoms with E-state index in [0.717, 1.165) is 16.7 Å². The standard InChI is InChI=1S/C26H21N3O3/c1-16-12-19(17-6-4-7-18(14-17)25(27)28)15-20(13-16)32-24-11-5-10-23(29-24)21-8-2-3-9-22(21)26(30)31/h2-15H,1H3,(H3,27,28)(H,30,31). The highest BCUT2D eigenvalue weighted by molar-refractivity contribution is 5.96. The van der Waals surface area contributed by atoms with Gasteiger partial charge in [0.2, 0.25) is 5.88 Å². The van der Waals surface area contributed by atoms with Gasteiger partial charge in [-0.3, -0.25) is 5.41 Å². The summed E-state index contributed by atoms with van der Waals surface area (Å²) >= 11 is 0. The maximum atomic E-state index is 11.6. The number of aromatic carboxylic acids is 1. The normalized spacial score (nSPS) is 10.5. The van der Waals surface area contributed by atoms with Crippen LogP contribution >= 0.6 is 0 Å². The van der Waals surface area contributed by atoms with E-state index < -0.39 is 5.97 Å². The van der Waals surface area contributed by atoms with Gasteiger partial charge >= 0.3 is 5.97 Å². The molecule has 0 radical (unpaired) electrons. The number of aromatic nitrogens is 1. The first kappa shape index (κ1) is 20.8. The number of amidine groups is 1. The molecule has 0 fully saturated rings. The van der Waals surface area contributed by atoms with Crippen LogP contribution in [-0.4, -0.2) is 21.9 Å². The Bertz CT molecular complexity index is 1330. The van der Waals surface area contributed by atoms with E-state index >= 15 is 0 Å². The number of nitrogens with one attached hydrogen (secondary N) is 1. The number of carboxylic acids is 1. The predicted molar refractivity (Wildman–Crippen MR) is 124 cm³/mol. The summed E-state index contributed by atoms with van der Waals surface area (Å²) in [6, 6.07) is 25.3. The smallest absolute Gasteiger partial charge is 0.336 e. The number of ether oxygens (including phenoxy) is 1. The maximum Gasteiger partial charge on any atom is 0.336 e. The molecule has 0 bridgehead atoms. The molecule has 0 amide bonds. The average Bonchev–Trinajstić information content (AvgIpc) is 2.79. The van der Waals surface area contributed by atoms with Gasteiger partial charge in [0.15, 0.2) is 0 Å². The molecule has 0 saturated heterocycles. The number of nitrogens with zero attached hydrogens (tertiary/aromatic N) is 1. The zero-order chi connectivity index (χ0) is 22.7. The fourth-order valence-corrected chi connectivity index (χ4v) is 3.48. The summed E-state index contributed by atoms with van der Waals surface area (Å²) in [6.45, 7) is 1.97. The van der Waals surface area contributed by atoms with Crippen molar-refractivity contribution in [2.75, 3.05) is 0 Å². The van der Waals surface area contributed by atoms with Crippen LogP contribution in [0.25, 0.3) is 22.4 Å². The van der Waals surface area contributed by atoms with Crippen molar-refractivity contribution in [2.24, 2.45) is 5.73 Å². The second kappa shape index (κ2) is 8.73. The minimum absolute atomic E-state index is 0.0126. The Morgan fingerprint density at radius 2 is 1.72 bits per heavy atom. The third-order valence-electron chi connectivity index (χ3n) is 4.94. The topological polar surface area (TPSA) is 109 Å². The summed E-state index contributed by atoms with van der Waals surface area (Å²) in [7, 11) is 0. The zero-order valence-corrected chi connectivity index (χ0v) is 17.4. The molecule has 1 aromatic heterocycles. The van der Waals surface area contributed by atoms with E-state index in [-0.39, 0.29) is 11.4 Å². The SMILES string of the molecule is Cc1cc(Oc2cccc(-c3ccccc3C(=O)O)n2)cc(-c2cccc(C(=N)N)c2)c1. The van der Waals surface area contributed by atoms with Gasteiger partial charge in [0, 0.05) is 17.2 Å². The lowest BCUT2D eigenvalue weighted by molar-refractivity contribution is 0.0697. The van der Waals surface area contributed by atoms with Crippen LogP contribution in [0.4, 0.5) is 0 Å². The zero-order valence-electron chi connectivity index (χ0n) is 17.4. The Morgan fingerprint density at radius 3 is 2.50 bits per heavy atom. The summed E-state index contributed by atoms with van der Waals surface area (Å²) in [5.74, 6) is -0.0374. The third-order valence-corrected chi connectivity index (χ3v) is 4.94. The number of pyridine rings is 1. The van der Waals surface area contributed by atoms with E-state index in [9.17, 15) is 9.90 Å². The van der Waals surface area contributed by atoms with Crippen molar-refractivity contribution in [1.82, 2.24) is 4.98 Å². The van der Waals surface area contributed by atoms with Crippen molar-refractivity contribution in [2.45, 2.75) is 6.92 Å². The highest BCUT2D eigenvalue weighted by Crippen LogP contribution is 2.30. The van der Waals surface area contributed by atoms with Gasteiger partial charge in [-0.15, -0.1) is 0 Å². The number of hydrogen-bond donors (Lipinski definition) is 3. The van der Waals surface area contributed by atoms with Crippen molar-refractivity contribution in [3.63, 3.8) is 0 Å². The quantitative estimate of drug-likeness (QED) is 0.280. The number of aryl methyl sites for hydroxylation is 1. The lowest BCUT2D eigenvalue weighted by Crippen LogP contribution is -2.10. The van der Waals surface area contributed by atoms with Gasteiger partial charge in [-0.05, 0) is 53.9 Å². The Hall–Kier alpha value is -4.45. The molecule has 4 rings (SSSR count). The molecule has 0 aliphatic rings. The molecule has 6 nitrogen and oxygen atoms in total. The van der Waals surface area contributed by atoms with Gasteiger partial charge < -0.3 is 15.6 Å². The van der Waals surface area contributed by atoms with Crippen LogP contribution < -0.4 is 10.5 Å². The molecule has 0 saturated carbocycles. The molecule has 32 heavy (non-hydrogen) atoms. The molecule has 3 aromatic carbocycles. The Kier molecular flexibility index (Phi) is 5.68. The first-order chi connectivity index (χ1) is 15.4. The van der Waals surface area contributed by atoms with Gasteiger partial charge in [0.05, 0.1) is 11.3 Å². The molecule has 0 aliphatic heterocycles. The molecule has 0 aliphatic carbocycles. The van der Waals surface area contributed by atoms with Crippen LogP contribution in [0.5, 0.6) is 11.6 Å². The molecule has 0 atom stereocenters. The third kappa shape index (κ3) is 4.49. The van der Waals surface area contributed by atoms with Gasteiger partial charge in [0.25, 0.3) is 0 Å². The van der Waals surface area contributed by atoms with Crippen molar-refractivity contribution in [3.8, 4) is 34.0 Å². The molecule has 0 unspecified atom stereocenters. The van der Waals surface area contributed by atoms with Gasteiger partial charge in [0.1, 0.15) is 11.6 Å². The monoisotopic (exact) mass is 423 g/mol. The second-order valence-electron chi connectivity index (χ2n) is 7.34. The van der Waals surface area contributed by atoms with Crippen LogP contribution in [0.15, 0.2) is 84.9 Å². The van der Waals surface area contributed by atoms with Crippen LogP contribution in [0.2, 0.25) is 0 Å². The van der Waals surface area contributed by atoms with Crippen molar-refractivity contribution >= 4 is 11.8 Å². The largest absolute Gasteiger partial charge is 0.478 e. The number of nitrogen functional groups attached to an aromatic ring is 1. The maximum absolute atomic E-state index is 11.6. The lowest BCUT2D eigenvalue weighted by atomic mass is 10.0. The second-order valence-corrected chi connectivity index (χ2v) is 7.34. The van der Waals surface area contributed by atoms with Crippen LogP contribution in [-0.2, 0) is 0 Å². The van der Waals surface area contributed by atoms with E-state index in [0.29, 0.717) is 28.5 Å². The minimum Gasteiger partial charge on any atom is -0.478 e. The number of nitrogens with two attached hydrogens (primary N) is 1. The summed E-state index contributed by atoms with van der Waals surface area (Å²) < 4.78 is 6.04. The van der Waals surface area contributed by atoms with Crippen LogP contribution in [0.1, 0.15) is 21.5 Å². The van der Waals surface area contributed by atoms with Gasteiger partial charge in [-0.1, -0.05) is 48.5 Å². The predicted octanol–water partition coefficient (Wildman–Crippen LogP) is 5.50. The highest BCUT2D eigenvalue weighted by atomic mass is 16.5. The minimum atomic E-state index is -1.01. The fourth-order valence-electron chi connectivity index (χ4n) is 3.48. The van der Waals surface area contributed by atoms with E-state index in [1.807, 2.05) is 43.3 Å². The highest BCUT2D eigenvalue weighted by Gasteiger charge is 2.13. The number of carbonyl (C=O) groups is 1. The number of hydrogen-bond acceptors (Lipinski definition) is 4. The van der Waals surface area contributed by atoms with Crippen LogP contribution in [0, 0.1) is 12.3 Å². The molecular formula is C26H21N3O3. The number of carboxylic acid groups (broad SMARTS) is 1. The van der Waals surface area contributed by atoms with E-state index in [4.69, 9.17) is 15.9 Å². The lowest BCUT2D eigenvalue weighted by Gasteiger charge is -2.11. The summed E-state index contributed by atoms with van der Waals surface area (Å²) in [5.41, 5.74) is 10.3. The first-order valence-electron chi connectivity index (χ1n) is 9.95. The summed E-state index contributed by atoms with van der Waals surface area (Å²) in [6.07, 6.45) is 0. The Labute approximate surface area is 185 Å². The average molecular weight is 423 g/mol. The molecule has 158 valence electrons. The number of rotatable bonds is 6. The van der Waals surface area contributed by atoms with E-state index in [1.165, 1.54) is 0 Å². The van der Waals surface area contributed by atoms with Crippen molar-refractivity contribution < 1.29 is 14.6 Å². The van der Waals surface area contributed by atoms with Gasteiger partial charge in [-0.2, -0.15) is 0 Å². The Morgan fingerprint density at radius 1 is 0.938 bits per heavy atom. The van der Waals surface area contributed by atoms with E-state index in [2.05, 4.69) is 4.98 Å². The molecular weight excluding hydrogens is 402 g/mol.